The first-order valence-electron chi connectivity index (χ1n) is 7.12. The second kappa shape index (κ2) is 9.55. The first-order valence-corrected chi connectivity index (χ1v) is 7.12. The average molecular weight is 287 g/mol. The number of carbonyl (C=O) groups excluding carboxylic acids is 1. The van der Waals surface area contributed by atoms with E-state index < -0.39 is 18.0 Å². The third-order valence-electron chi connectivity index (χ3n) is 3.36. The molecule has 0 saturated carbocycles. The van der Waals surface area contributed by atoms with Gasteiger partial charge in [-0.1, -0.05) is 0 Å². The van der Waals surface area contributed by atoms with Crippen molar-refractivity contribution >= 4 is 12.0 Å². The third-order valence-corrected chi connectivity index (χ3v) is 3.36. The van der Waals surface area contributed by atoms with Gasteiger partial charge in [0.2, 0.25) is 0 Å². The highest BCUT2D eigenvalue weighted by molar-refractivity contribution is 5.82. The summed E-state index contributed by atoms with van der Waals surface area (Å²) in [6, 6.07) is -1.29. The van der Waals surface area contributed by atoms with E-state index in [0.717, 1.165) is 19.6 Å². The maximum Gasteiger partial charge on any atom is 0.326 e. The smallest absolute Gasteiger partial charge is 0.326 e. The van der Waals surface area contributed by atoms with Crippen LogP contribution < -0.4 is 10.6 Å². The standard InChI is InChI=1S/C13H25N3O4/c1-20-10-4-5-11(12(17)18)15-13(19)14-6-9-16-7-2-3-8-16/h11H,2-10H2,1H3,(H,17,18)(H2,14,15,19). The van der Waals surface area contributed by atoms with E-state index in [0.29, 0.717) is 26.0 Å². The fourth-order valence-electron chi connectivity index (χ4n) is 2.23. The molecule has 0 bridgehead atoms. The van der Waals surface area contributed by atoms with Gasteiger partial charge in [0.1, 0.15) is 6.04 Å². The van der Waals surface area contributed by atoms with Crippen LogP contribution >= 0.6 is 0 Å². The average Bonchev–Trinajstić information content (AvgIpc) is 2.91. The number of urea groups is 1. The normalized spacial score (nSPS) is 16.9. The summed E-state index contributed by atoms with van der Waals surface area (Å²) in [5, 5.41) is 14.2. The number of amides is 2. The number of carboxylic acid groups (broad SMARTS) is 1. The molecular formula is C13H25N3O4. The van der Waals surface area contributed by atoms with Crippen LogP contribution in [0.5, 0.6) is 0 Å². The van der Waals surface area contributed by atoms with E-state index in [4.69, 9.17) is 9.84 Å². The molecule has 1 aliphatic rings. The van der Waals surface area contributed by atoms with Crippen LogP contribution in [0.3, 0.4) is 0 Å². The lowest BCUT2D eigenvalue weighted by Gasteiger charge is -2.17. The number of likely N-dealkylation sites (tertiary alicyclic amines) is 1. The number of aliphatic carboxylic acids is 1. The first-order chi connectivity index (χ1) is 9.63. The van der Waals surface area contributed by atoms with Gasteiger partial charge in [-0.3, -0.25) is 0 Å². The lowest BCUT2D eigenvalue weighted by molar-refractivity contribution is -0.139. The van der Waals surface area contributed by atoms with Gasteiger partial charge in [0.15, 0.2) is 0 Å². The Morgan fingerprint density at radius 3 is 2.65 bits per heavy atom. The monoisotopic (exact) mass is 287 g/mol. The number of nitrogens with one attached hydrogen (secondary N) is 2. The largest absolute Gasteiger partial charge is 0.480 e. The van der Waals surface area contributed by atoms with Crippen LogP contribution in [0.2, 0.25) is 0 Å². The second-order valence-corrected chi connectivity index (χ2v) is 4.97. The molecule has 0 spiro atoms. The van der Waals surface area contributed by atoms with E-state index >= 15 is 0 Å². The van der Waals surface area contributed by atoms with Crippen LogP contribution in [0.1, 0.15) is 25.7 Å². The fourth-order valence-corrected chi connectivity index (χ4v) is 2.23. The molecule has 0 aromatic heterocycles. The zero-order valence-electron chi connectivity index (χ0n) is 12.1. The van der Waals surface area contributed by atoms with Gasteiger partial charge in [-0.05, 0) is 38.8 Å². The van der Waals surface area contributed by atoms with Crippen molar-refractivity contribution in [2.75, 3.05) is 39.9 Å². The molecule has 1 saturated heterocycles. The van der Waals surface area contributed by atoms with Crippen molar-refractivity contribution in [2.24, 2.45) is 0 Å². The summed E-state index contributed by atoms with van der Waals surface area (Å²) in [6.07, 6.45) is 3.39. The number of ether oxygens (including phenoxy) is 1. The molecule has 20 heavy (non-hydrogen) atoms. The van der Waals surface area contributed by atoms with Gasteiger partial charge in [-0.25, -0.2) is 9.59 Å². The van der Waals surface area contributed by atoms with Gasteiger partial charge in [0.25, 0.3) is 0 Å². The Labute approximate surface area is 119 Å². The van der Waals surface area contributed by atoms with Gasteiger partial charge in [-0.15, -0.1) is 0 Å². The van der Waals surface area contributed by atoms with Crippen molar-refractivity contribution in [3.05, 3.63) is 0 Å². The number of hydrogen-bond acceptors (Lipinski definition) is 4. The summed E-state index contributed by atoms with van der Waals surface area (Å²) in [4.78, 5) is 24.9. The fraction of sp³-hybridized carbons (Fsp3) is 0.846. The van der Waals surface area contributed by atoms with E-state index in [1.54, 1.807) is 7.11 Å². The Balaban J connectivity index is 2.17. The highest BCUT2D eigenvalue weighted by Gasteiger charge is 2.19. The van der Waals surface area contributed by atoms with Crippen molar-refractivity contribution in [3.63, 3.8) is 0 Å². The molecule has 0 aliphatic carbocycles. The molecule has 116 valence electrons. The zero-order valence-corrected chi connectivity index (χ0v) is 12.1. The summed E-state index contributed by atoms with van der Waals surface area (Å²) in [5.74, 6) is -1.02. The Kier molecular flexibility index (Phi) is 7.98. The Bertz CT molecular complexity index is 306. The summed E-state index contributed by atoms with van der Waals surface area (Å²) in [7, 11) is 1.56. The van der Waals surface area contributed by atoms with Crippen LogP contribution in [-0.2, 0) is 9.53 Å². The minimum absolute atomic E-state index is 0.364. The summed E-state index contributed by atoms with van der Waals surface area (Å²) in [6.45, 7) is 4.00. The van der Waals surface area contributed by atoms with Crippen molar-refractivity contribution in [1.82, 2.24) is 15.5 Å². The van der Waals surface area contributed by atoms with Crippen LogP contribution in [0.4, 0.5) is 4.79 Å². The number of methoxy groups -OCH3 is 1. The number of carbonyl (C=O) groups is 2. The molecule has 1 aliphatic heterocycles. The molecule has 1 atom stereocenters. The molecule has 2 amide bonds. The minimum Gasteiger partial charge on any atom is -0.480 e. The van der Waals surface area contributed by atoms with Crippen LogP contribution in [0, 0.1) is 0 Å². The van der Waals surface area contributed by atoms with Crippen molar-refractivity contribution in [3.8, 4) is 0 Å². The highest BCUT2D eigenvalue weighted by Crippen LogP contribution is 2.05. The minimum atomic E-state index is -1.02. The molecule has 3 N–H and O–H groups in total. The van der Waals surface area contributed by atoms with Gasteiger partial charge in [0.05, 0.1) is 0 Å². The molecule has 0 radical (unpaired) electrons. The lowest BCUT2D eigenvalue weighted by atomic mass is 10.1. The van der Waals surface area contributed by atoms with Gasteiger partial charge >= 0.3 is 12.0 Å². The third kappa shape index (κ3) is 6.72. The number of hydrogen-bond donors (Lipinski definition) is 3. The molecule has 1 rings (SSSR count). The molecule has 7 heteroatoms. The van der Waals surface area contributed by atoms with Crippen molar-refractivity contribution in [2.45, 2.75) is 31.7 Å². The maximum atomic E-state index is 11.6. The highest BCUT2D eigenvalue weighted by atomic mass is 16.5. The molecule has 1 heterocycles. The SMILES string of the molecule is COCCCC(NC(=O)NCCN1CCCC1)C(=O)O. The van der Waals surface area contributed by atoms with Crippen molar-refractivity contribution in [1.29, 1.82) is 0 Å². The summed E-state index contributed by atoms with van der Waals surface area (Å²) >= 11 is 0. The molecule has 1 unspecified atom stereocenters. The van der Waals surface area contributed by atoms with E-state index in [9.17, 15) is 9.59 Å². The van der Waals surface area contributed by atoms with E-state index in [2.05, 4.69) is 15.5 Å². The molecule has 1 fully saturated rings. The predicted molar refractivity (Wildman–Crippen MR) is 74.7 cm³/mol. The Hall–Kier alpha value is -1.34. The Morgan fingerprint density at radius 1 is 1.35 bits per heavy atom. The van der Waals surface area contributed by atoms with Crippen molar-refractivity contribution < 1.29 is 19.4 Å². The molecule has 7 nitrogen and oxygen atoms in total. The van der Waals surface area contributed by atoms with E-state index in [-0.39, 0.29) is 0 Å². The summed E-state index contributed by atoms with van der Waals surface area (Å²) in [5.41, 5.74) is 0. The lowest BCUT2D eigenvalue weighted by Crippen LogP contribution is -2.47. The van der Waals surface area contributed by atoms with Crippen LogP contribution in [-0.4, -0.2) is 67.9 Å². The van der Waals surface area contributed by atoms with Crippen LogP contribution in [0.25, 0.3) is 0 Å². The topological polar surface area (TPSA) is 90.9 Å². The molecular weight excluding hydrogens is 262 g/mol. The molecule has 0 aromatic rings. The Morgan fingerprint density at radius 2 is 2.05 bits per heavy atom. The van der Waals surface area contributed by atoms with Gasteiger partial charge < -0.3 is 25.4 Å². The van der Waals surface area contributed by atoms with Gasteiger partial charge in [0, 0.05) is 26.8 Å². The molecule has 0 aromatic carbocycles. The number of carboxylic acids is 1. The quantitative estimate of drug-likeness (QED) is 0.529. The number of nitrogens with zero attached hydrogens (tertiary/aromatic N) is 1. The first kappa shape index (κ1) is 16.7. The predicted octanol–water partition coefficient (Wildman–Crippen LogP) is 0.261. The second-order valence-electron chi connectivity index (χ2n) is 4.97. The zero-order chi connectivity index (χ0) is 14.8. The maximum absolute atomic E-state index is 11.6. The van der Waals surface area contributed by atoms with Crippen LogP contribution in [0.15, 0.2) is 0 Å². The van der Waals surface area contributed by atoms with E-state index in [1.165, 1.54) is 12.8 Å². The number of rotatable bonds is 9. The summed E-state index contributed by atoms with van der Waals surface area (Å²) < 4.78 is 4.87. The van der Waals surface area contributed by atoms with E-state index in [1.807, 2.05) is 0 Å². The van der Waals surface area contributed by atoms with Gasteiger partial charge in [-0.2, -0.15) is 0 Å².